The number of hydrogen-bond acceptors (Lipinski definition) is 3. The van der Waals surface area contributed by atoms with Crippen LogP contribution in [-0.2, 0) is 6.54 Å². The summed E-state index contributed by atoms with van der Waals surface area (Å²) in [5.74, 6) is 0.992. The molecule has 1 aromatic carbocycles. The minimum atomic E-state index is 0.747. The molecule has 1 N–H and O–H groups in total. The fourth-order valence-corrected chi connectivity index (χ4v) is 1.79. The molecule has 0 amide bonds. The van der Waals surface area contributed by atoms with Crippen LogP contribution in [0.5, 0.6) is 5.75 Å². The van der Waals surface area contributed by atoms with E-state index in [4.69, 9.17) is 4.74 Å². The van der Waals surface area contributed by atoms with E-state index in [0.29, 0.717) is 0 Å². The van der Waals surface area contributed by atoms with Gasteiger partial charge in [0, 0.05) is 18.7 Å². The molecule has 0 aliphatic heterocycles. The van der Waals surface area contributed by atoms with Crippen molar-refractivity contribution in [1.29, 1.82) is 0 Å². The van der Waals surface area contributed by atoms with Crippen LogP contribution in [0.25, 0.3) is 0 Å². The van der Waals surface area contributed by atoms with Gasteiger partial charge in [-0.15, -0.1) is 0 Å². The second kappa shape index (κ2) is 8.09. The van der Waals surface area contributed by atoms with Gasteiger partial charge >= 0.3 is 0 Å². The van der Waals surface area contributed by atoms with Gasteiger partial charge in [-0.3, -0.25) is 0 Å². The molecule has 0 heterocycles. The van der Waals surface area contributed by atoms with Crippen LogP contribution >= 0.6 is 0 Å². The highest BCUT2D eigenvalue weighted by atomic mass is 16.5. The van der Waals surface area contributed by atoms with Crippen molar-refractivity contribution in [2.75, 3.05) is 33.8 Å². The van der Waals surface area contributed by atoms with E-state index in [9.17, 15) is 0 Å². The average molecular weight is 236 g/mol. The van der Waals surface area contributed by atoms with Crippen molar-refractivity contribution < 1.29 is 4.74 Å². The molecular formula is C14H24N2O. The topological polar surface area (TPSA) is 24.5 Å². The van der Waals surface area contributed by atoms with Crippen molar-refractivity contribution >= 4 is 0 Å². The Morgan fingerprint density at radius 2 is 2.00 bits per heavy atom. The zero-order valence-corrected chi connectivity index (χ0v) is 11.2. The number of hydrogen-bond donors (Lipinski definition) is 1. The fourth-order valence-electron chi connectivity index (χ4n) is 1.79. The molecule has 17 heavy (non-hydrogen) atoms. The van der Waals surface area contributed by atoms with E-state index in [0.717, 1.165) is 32.0 Å². The van der Waals surface area contributed by atoms with Gasteiger partial charge in [0.1, 0.15) is 12.4 Å². The van der Waals surface area contributed by atoms with Crippen molar-refractivity contribution in [3.05, 3.63) is 29.8 Å². The number of ether oxygens (including phenoxy) is 1. The van der Waals surface area contributed by atoms with Gasteiger partial charge in [0.05, 0.1) is 0 Å². The van der Waals surface area contributed by atoms with E-state index in [-0.39, 0.29) is 0 Å². The highest BCUT2D eigenvalue weighted by Gasteiger charge is 2.02. The Morgan fingerprint density at radius 1 is 1.24 bits per heavy atom. The lowest BCUT2D eigenvalue weighted by Crippen LogP contribution is -2.25. The molecule has 96 valence electrons. The quantitative estimate of drug-likeness (QED) is 0.748. The Morgan fingerprint density at radius 3 is 2.71 bits per heavy atom. The van der Waals surface area contributed by atoms with E-state index >= 15 is 0 Å². The SMILES string of the molecule is CCCN(C)CCOc1ccccc1CNC. The van der Waals surface area contributed by atoms with Crippen molar-refractivity contribution in [1.82, 2.24) is 10.2 Å². The van der Waals surface area contributed by atoms with Gasteiger partial charge in [0.25, 0.3) is 0 Å². The van der Waals surface area contributed by atoms with Gasteiger partial charge in [0.2, 0.25) is 0 Å². The molecule has 0 aliphatic carbocycles. The first-order valence-corrected chi connectivity index (χ1v) is 6.31. The van der Waals surface area contributed by atoms with Gasteiger partial charge in [-0.25, -0.2) is 0 Å². The molecule has 0 unspecified atom stereocenters. The molecule has 0 saturated carbocycles. The van der Waals surface area contributed by atoms with Crippen LogP contribution < -0.4 is 10.1 Å². The Hall–Kier alpha value is -1.06. The zero-order chi connectivity index (χ0) is 12.5. The minimum absolute atomic E-state index is 0.747. The number of benzene rings is 1. The van der Waals surface area contributed by atoms with E-state index in [1.807, 2.05) is 25.2 Å². The van der Waals surface area contributed by atoms with Gasteiger partial charge in [0.15, 0.2) is 0 Å². The summed E-state index contributed by atoms with van der Waals surface area (Å²) in [4.78, 5) is 2.29. The molecule has 0 radical (unpaired) electrons. The van der Waals surface area contributed by atoms with E-state index < -0.39 is 0 Å². The van der Waals surface area contributed by atoms with Crippen molar-refractivity contribution in [3.63, 3.8) is 0 Å². The lowest BCUT2D eigenvalue weighted by molar-refractivity contribution is 0.236. The van der Waals surface area contributed by atoms with Crippen LogP contribution in [0.4, 0.5) is 0 Å². The van der Waals surface area contributed by atoms with E-state index in [1.165, 1.54) is 12.0 Å². The molecule has 1 rings (SSSR count). The first kappa shape index (κ1) is 14.0. The molecule has 0 saturated heterocycles. The van der Waals surface area contributed by atoms with Gasteiger partial charge in [-0.05, 0) is 33.1 Å². The van der Waals surface area contributed by atoms with E-state index in [1.54, 1.807) is 0 Å². The third-order valence-corrected chi connectivity index (χ3v) is 2.68. The molecule has 0 spiro atoms. The summed E-state index contributed by atoms with van der Waals surface area (Å²) < 4.78 is 5.83. The summed E-state index contributed by atoms with van der Waals surface area (Å²) in [5, 5.41) is 3.15. The molecule has 0 bridgehead atoms. The van der Waals surface area contributed by atoms with Crippen LogP contribution in [0.2, 0.25) is 0 Å². The van der Waals surface area contributed by atoms with Crippen LogP contribution in [0, 0.1) is 0 Å². The Kier molecular flexibility index (Phi) is 6.67. The van der Waals surface area contributed by atoms with Crippen LogP contribution in [0.3, 0.4) is 0 Å². The summed E-state index contributed by atoms with van der Waals surface area (Å²) in [5.41, 5.74) is 1.22. The highest BCUT2D eigenvalue weighted by Crippen LogP contribution is 2.17. The summed E-state index contributed by atoms with van der Waals surface area (Å²) in [7, 11) is 4.08. The van der Waals surface area contributed by atoms with Crippen LogP contribution in [0.1, 0.15) is 18.9 Å². The fraction of sp³-hybridized carbons (Fsp3) is 0.571. The second-order valence-electron chi connectivity index (χ2n) is 4.29. The number of para-hydroxylation sites is 1. The molecule has 0 atom stereocenters. The summed E-state index contributed by atoms with van der Waals surface area (Å²) in [6, 6.07) is 8.20. The zero-order valence-electron chi connectivity index (χ0n) is 11.2. The Balaban J connectivity index is 2.40. The van der Waals surface area contributed by atoms with Gasteiger partial charge in [-0.2, -0.15) is 0 Å². The van der Waals surface area contributed by atoms with Crippen molar-refractivity contribution in [3.8, 4) is 5.75 Å². The summed E-state index contributed by atoms with van der Waals surface area (Å²) in [6.45, 7) is 5.89. The monoisotopic (exact) mass is 236 g/mol. The standard InChI is InChI=1S/C14H24N2O/c1-4-9-16(3)10-11-17-14-8-6-5-7-13(14)12-15-2/h5-8,15H,4,9-12H2,1-3H3. The van der Waals surface area contributed by atoms with Gasteiger partial charge < -0.3 is 15.0 Å². The molecular weight excluding hydrogens is 212 g/mol. The lowest BCUT2D eigenvalue weighted by Gasteiger charge is -2.17. The lowest BCUT2D eigenvalue weighted by atomic mass is 10.2. The smallest absolute Gasteiger partial charge is 0.123 e. The normalized spacial score (nSPS) is 10.8. The average Bonchev–Trinajstić information content (AvgIpc) is 2.32. The third-order valence-electron chi connectivity index (χ3n) is 2.68. The molecule has 0 aliphatic rings. The number of nitrogens with one attached hydrogen (secondary N) is 1. The molecule has 1 aromatic rings. The highest BCUT2D eigenvalue weighted by molar-refractivity contribution is 5.33. The second-order valence-corrected chi connectivity index (χ2v) is 4.29. The van der Waals surface area contributed by atoms with Gasteiger partial charge in [-0.1, -0.05) is 25.1 Å². The number of nitrogens with zero attached hydrogens (tertiary/aromatic N) is 1. The molecule has 0 aromatic heterocycles. The maximum absolute atomic E-state index is 5.83. The largest absolute Gasteiger partial charge is 0.492 e. The Bertz CT molecular complexity index is 315. The predicted molar refractivity (Wildman–Crippen MR) is 72.5 cm³/mol. The van der Waals surface area contributed by atoms with Crippen molar-refractivity contribution in [2.24, 2.45) is 0 Å². The third kappa shape index (κ3) is 5.20. The summed E-state index contributed by atoms with van der Waals surface area (Å²) in [6.07, 6.45) is 1.19. The molecule has 0 fully saturated rings. The first-order valence-electron chi connectivity index (χ1n) is 6.31. The van der Waals surface area contributed by atoms with Crippen LogP contribution in [0.15, 0.2) is 24.3 Å². The Labute approximate surface area is 105 Å². The number of likely N-dealkylation sites (N-methyl/N-ethyl adjacent to an activating group) is 1. The molecule has 3 nitrogen and oxygen atoms in total. The van der Waals surface area contributed by atoms with Crippen LogP contribution in [-0.4, -0.2) is 38.7 Å². The van der Waals surface area contributed by atoms with Crippen molar-refractivity contribution in [2.45, 2.75) is 19.9 Å². The first-order chi connectivity index (χ1) is 8.27. The maximum Gasteiger partial charge on any atom is 0.123 e. The van der Waals surface area contributed by atoms with E-state index in [2.05, 4.69) is 30.3 Å². The summed E-state index contributed by atoms with van der Waals surface area (Å²) >= 11 is 0. The minimum Gasteiger partial charge on any atom is -0.492 e. The predicted octanol–water partition coefficient (Wildman–Crippen LogP) is 2.13. The molecule has 3 heteroatoms. The maximum atomic E-state index is 5.83. The number of rotatable bonds is 8.